The smallest absolute Gasteiger partial charge is 0.416 e. The summed E-state index contributed by atoms with van der Waals surface area (Å²) in [7, 11) is 1.62. The highest BCUT2D eigenvalue weighted by Gasteiger charge is 2.41. The molecule has 0 radical (unpaired) electrons. The van der Waals surface area contributed by atoms with Crippen LogP contribution in [-0.2, 0) is 12.7 Å². The number of nitrogens with one attached hydrogen (secondary N) is 1. The largest absolute Gasteiger partial charge is 0.497 e. The van der Waals surface area contributed by atoms with Gasteiger partial charge in [-0.25, -0.2) is 0 Å². The van der Waals surface area contributed by atoms with E-state index in [0.717, 1.165) is 34.8 Å². The predicted octanol–water partition coefficient (Wildman–Crippen LogP) is 6.07. The van der Waals surface area contributed by atoms with Gasteiger partial charge in [-0.05, 0) is 72.4 Å². The number of methoxy groups -OCH3 is 1. The molecule has 1 aliphatic heterocycles. The van der Waals surface area contributed by atoms with E-state index in [-0.39, 0.29) is 12.1 Å². The second-order valence-electron chi connectivity index (χ2n) is 8.45. The van der Waals surface area contributed by atoms with Gasteiger partial charge in [-0.2, -0.15) is 13.2 Å². The van der Waals surface area contributed by atoms with E-state index in [0.29, 0.717) is 17.3 Å². The van der Waals surface area contributed by atoms with E-state index in [9.17, 15) is 13.2 Å². The van der Waals surface area contributed by atoms with E-state index in [1.807, 2.05) is 54.6 Å². The number of hydrogen-bond acceptors (Lipinski definition) is 3. The zero-order valence-electron chi connectivity index (χ0n) is 19.3. The van der Waals surface area contributed by atoms with Gasteiger partial charge in [0, 0.05) is 30.3 Å². The molecule has 3 heterocycles. The molecule has 0 amide bonds. The Morgan fingerprint density at radius 2 is 1.81 bits per heavy atom. The molecule has 0 aliphatic carbocycles. The van der Waals surface area contributed by atoms with Crippen molar-refractivity contribution >= 4 is 17.3 Å². The first-order valence-electron chi connectivity index (χ1n) is 11.3. The van der Waals surface area contributed by atoms with Crippen LogP contribution in [0.25, 0.3) is 5.69 Å². The highest BCUT2D eigenvalue weighted by Crippen LogP contribution is 2.41. The number of hydrogen-bond donors (Lipinski definition) is 1. The molecule has 2 aromatic heterocycles. The Morgan fingerprint density at radius 1 is 1.00 bits per heavy atom. The average molecular weight is 509 g/mol. The minimum Gasteiger partial charge on any atom is -0.497 e. The maximum absolute atomic E-state index is 13.4. The molecule has 1 aliphatic rings. The van der Waals surface area contributed by atoms with Gasteiger partial charge in [0.1, 0.15) is 5.75 Å². The van der Waals surface area contributed by atoms with Crippen LogP contribution in [-0.4, -0.2) is 26.7 Å². The third-order valence-corrected chi connectivity index (χ3v) is 6.60. The molecule has 1 saturated heterocycles. The third kappa shape index (κ3) is 4.66. The van der Waals surface area contributed by atoms with Crippen molar-refractivity contribution < 1.29 is 17.9 Å². The number of halogens is 3. The molecule has 5 rings (SSSR count). The molecule has 4 aromatic rings. The van der Waals surface area contributed by atoms with E-state index >= 15 is 0 Å². The van der Waals surface area contributed by atoms with Crippen LogP contribution in [0.3, 0.4) is 0 Å². The Labute approximate surface area is 212 Å². The maximum atomic E-state index is 13.4. The number of alkyl halides is 3. The second-order valence-corrected chi connectivity index (χ2v) is 8.84. The van der Waals surface area contributed by atoms with E-state index in [1.54, 1.807) is 30.1 Å². The fraction of sp³-hybridized carbons (Fsp3) is 0.185. The number of pyridine rings is 1. The molecule has 0 spiro atoms. The quantitative estimate of drug-likeness (QED) is 0.320. The highest BCUT2D eigenvalue weighted by atomic mass is 32.1. The number of rotatable bonds is 6. The first-order valence-corrected chi connectivity index (χ1v) is 11.7. The Morgan fingerprint density at radius 3 is 2.50 bits per heavy atom. The standard InChI is InChI=1S/C27H23F3N4OS/c1-35-21-12-10-18(11-13-21)17-34-25(24(32-26(34)36)22-8-2-3-14-31-22)23-9-5-15-33(23)20-7-4-6-19(16-20)27(28,29)30/h2-16,24-25H,17H2,1H3,(H,32,36)/t24-,25-/m0/s1. The lowest BCUT2D eigenvalue weighted by atomic mass is 10.0. The van der Waals surface area contributed by atoms with Crippen molar-refractivity contribution in [1.82, 2.24) is 19.8 Å². The summed E-state index contributed by atoms with van der Waals surface area (Å²) in [6.45, 7) is 0.498. The molecule has 2 atom stereocenters. The van der Waals surface area contributed by atoms with Gasteiger partial charge in [0.25, 0.3) is 0 Å². The van der Waals surface area contributed by atoms with E-state index in [1.165, 1.54) is 6.07 Å². The Kier molecular flexibility index (Phi) is 6.40. The van der Waals surface area contributed by atoms with Gasteiger partial charge >= 0.3 is 6.18 Å². The zero-order chi connectivity index (χ0) is 25.3. The minimum atomic E-state index is -4.43. The van der Waals surface area contributed by atoms with Crippen LogP contribution >= 0.6 is 12.2 Å². The van der Waals surface area contributed by atoms with Crippen molar-refractivity contribution in [2.45, 2.75) is 24.8 Å². The van der Waals surface area contributed by atoms with Crippen LogP contribution in [0.1, 0.15) is 34.6 Å². The predicted molar refractivity (Wildman–Crippen MR) is 135 cm³/mol. The van der Waals surface area contributed by atoms with E-state index in [4.69, 9.17) is 17.0 Å². The Hall–Kier alpha value is -3.85. The summed E-state index contributed by atoms with van der Waals surface area (Å²) >= 11 is 5.75. The summed E-state index contributed by atoms with van der Waals surface area (Å²) in [4.78, 5) is 6.60. The molecule has 0 unspecified atom stereocenters. The molecule has 184 valence electrons. The van der Waals surface area contributed by atoms with Gasteiger partial charge < -0.3 is 19.5 Å². The lowest BCUT2D eigenvalue weighted by Crippen LogP contribution is -2.30. The fourth-order valence-electron chi connectivity index (χ4n) is 4.53. The molecule has 0 bridgehead atoms. The van der Waals surface area contributed by atoms with Crippen molar-refractivity contribution in [2.24, 2.45) is 0 Å². The van der Waals surface area contributed by atoms with Gasteiger partial charge in [0.2, 0.25) is 0 Å². The van der Waals surface area contributed by atoms with Crippen LogP contribution in [0.4, 0.5) is 13.2 Å². The van der Waals surface area contributed by atoms with Crippen LogP contribution < -0.4 is 10.1 Å². The lowest BCUT2D eigenvalue weighted by molar-refractivity contribution is -0.137. The molecule has 9 heteroatoms. The Bertz CT molecular complexity index is 1360. The SMILES string of the molecule is COc1ccc(CN2C(=S)N[C@@H](c3ccccn3)[C@@H]2c2cccn2-c2cccc(C(F)(F)F)c2)cc1. The fourth-order valence-corrected chi connectivity index (χ4v) is 4.83. The molecule has 0 saturated carbocycles. The van der Waals surface area contributed by atoms with Gasteiger partial charge in [-0.3, -0.25) is 4.98 Å². The van der Waals surface area contributed by atoms with Crippen molar-refractivity contribution in [2.75, 3.05) is 7.11 Å². The number of aromatic nitrogens is 2. The van der Waals surface area contributed by atoms with Crippen molar-refractivity contribution in [1.29, 1.82) is 0 Å². The zero-order valence-corrected chi connectivity index (χ0v) is 20.1. The average Bonchev–Trinajstić information content (AvgIpc) is 3.49. The highest BCUT2D eigenvalue weighted by molar-refractivity contribution is 7.80. The Balaban J connectivity index is 1.58. The van der Waals surface area contributed by atoms with Crippen LogP contribution in [0.2, 0.25) is 0 Å². The second kappa shape index (κ2) is 9.66. The topological polar surface area (TPSA) is 42.3 Å². The van der Waals surface area contributed by atoms with Gasteiger partial charge in [0.05, 0.1) is 30.5 Å². The lowest BCUT2D eigenvalue weighted by Gasteiger charge is -2.29. The summed E-state index contributed by atoms with van der Waals surface area (Å²) < 4.78 is 47.4. The minimum absolute atomic E-state index is 0.295. The van der Waals surface area contributed by atoms with Crippen molar-refractivity contribution in [3.05, 3.63) is 114 Å². The normalized spacial score (nSPS) is 17.8. The number of thiocarbonyl (C=S) groups is 1. The molecule has 5 nitrogen and oxygen atoms in total. The molecular formula is C27H23F3N4OS. The van der Waals surface area contributed by atoms with Gasteiger partial charge in [-0.1, -0.05) is 24.3 Å². The van der Waals surface area contributed by atoms with Crippen molar-refractivity contribution in [3.63, 3.8) is 0 Å². The molecule has 1 N–H and O–H groups in total. The van der Waals surface area contributed by atoms with Crippen molar-refractivity contribution in [3.8, 4) is 11.4 Å². The summed E-state index contributed by atoms with van der Waals surface area (Å²) in [6, 6.07) is 21.8. The number of nitrogens with zero attached hydrogens (tertiary/aromatic N) is 3. The maximum Gasteiger partial charge on any atom is 0.416 e. The summed E-state index contributed by atoms with van der Waals surface area (Å²) in [5.41, 5.74) is 2.33. The molecule has 2 aromatic carbocycles. The summed E-state index contributed by atoms with van der Waals surface area (Å²) in [5.74, 6) is 0.752. The van der Waals surface area contributed by atoms with Crippen LogP contribution in [0, 0.1) is 0 Å². The van der Waals surface area contributed by atoms with Gasteiger partial charge in [-0.15, -0.1) is 0 Å². The third-order valence-electron chi connectivity index (χ3n) is 6.24. The van der Waals surface area contributed by atoms with Crippen LogP contribution in [0.5, 0.6) is 5.75 Å². The monoisotopic (exact) mass is 508 g/mol. The van der Waals surface area contributed by atoms with Crippen LogP contribution in [0.15, 0.2) is 91.3 Å². The number of ether oxygens (including phenoxy) is 1. The first kappa shape index (κ1) is 23.9. The molecule has 36 heavy (non-hydrogen) atoms. The number of benzene rings is 2. The van der Waals surface area contributed by atoms with Gasteiger partial charge in [0.15, 0.2) is 5.11 Å². The van der Waals surface area contributed by atoms with E-state index in [2.05, 4.69) is 15.2 Å². The van der Waals surface area contributed by atoms with E-state index < -0.39 is 11.7 Å². The summed E-state index contributed by atoms with van der Waals surface area (Å²) in [6.07, 6.45) is -0.945. The summed E-state index contributed by atoms with van der Waals surface area (Å²) in [5, 5.41) is 3.94. The molecular weight excluding hydrogens is 485 g/mol. The molecule has 1 fully saturated rings. The first-order chi connectivity index (χ1) is 17.3.